The maximum atomic E-state index is 13.2. The second-order valence-corrected chi connectivity index (χ2v) is 9.37. The standard InChI is InChI=1S/C24H38N4O3/c1-26-13-11-19(12-14-26)27(2)20-7-4-5-8-21(20)28(3)24(29)25-18-9-10-22-23(17-18)31-16-6-15-30-22/h9-10,17,19-21H,4-8,11-16H2,1-3H3,(H,25,29). The molecular weight excluding hydrogens is 392 g/mol. The number of carbonyl (C=O) groups is 1. The molecule has 0 aromatic heterocycles. The monoisotopic (exact) mass is 430 g/mol. The molecule has 2 atom stereocenters. The molecular formula is C24H38N4O3. The summed E-state index contributed by atoms with van der Waals surface area (Å²) in [4.78, 5) is 20.1. The van der Waals surface area contributed by atoms with Crippen molar-refractivity contribution >= 4 is 11.7 Å². The Bertz CT molecular complexity index is 750. The Morgan fingerprint density at radius 1 is 0.968 bits per heavy atom. The minimum atomic E-state index is -0.0526. The molecule has 31 heavy (non-hydrogen) atoms. The second kappa shape index (κ2) is 10.1. The van der Waals surface area contributed by atoms with Crippen molar-refractivity contribution in [1.29, 1.82) is 0 Å². The summed E-state index contributed by atoms with van der Waals surface area (Å²) >= 11 is 0. The van der Waals surface area contributed by atoms with Crippen LogP contribution in [0.25, 0.3) is 0 Å². The van der Waals surface area contributed by atoms with Gasteiger partial charge in [0.1, 0.15) is 0 Å². The van der Waals surface area contributed by atoms with Gasteiger partial charge >= 0.3 is 6.03 Å². The summed E-state index contributed by atoms with van der Waals surface area (Å²) in [5.41, 5.74) is 0.747. The number of hydrogen-bond acceptors (Lipinski definition) is 5. The fourth-order valence-electron chi connectivity index (χ4n) is 5.29. The molecule has 2 aliphatic heterocycles. The Labute approximate surface area is 186 Å². The first kappa shape index (κ1) is 22.2. The number of likely N-dealkylation sites (tertiary alicyclic amines) is 1. The first-order valence-electron chi connectivity index (χ1n) is 11.9. The van der Waals surface area contributed by atoms with E-state index in [9.17, 15) is 4.79 Å². The van der Waals surface area contributed by atoms with Crippen molar-refractivity contribution in [2.45, 2.75) is 63.1 Å². The highest BCUT2D eigenvalue weighted by molar-refractivity contribution is 5.89. The fraction of sp³-hybridized carbons (Fsp3) is 0.708. The topological polar surface area (TPSA) is 57.3 Å². The van der Waals surface area contributed by atoms with E-state index in [4.69, 9.17) is 9.47 Å². The average Bonchev–Trinajstić information content (AvgIpc) is 3.03. The maximum Gasteiger partial charge on any atom is 0.321 e. The van der Waals surface area contributed by atoms with E-state index in [0.29, 0.717) is 31.0 Å². The number of likely N-dealkylation sites (N-methyl/N-ethyl adjacent to an activating group) is 2. The van der Waals surface area contributed by atoms with Gasteiger partial charge in [-0.05, 0) is 65.0 Å². The SMILES string of the molecule is CN1CCC(N(C)C2CCCCC2N(C)C(=O)Nc2ccc3c(c2)OCCCO3)CC1. The smallest absolute Gasteiger partial charge is 0.321 e. The van der Waals surface area contributed by atoms with E-state index in [-0.39, 0.29) is 12.1 Å². The molecule has 7 nitrogen and oxygen atoms in total. The van der Waals surface area contributed by atoms with Gasteiger partial charge in [-0.25, -0.2) is 4.79 Å². The molecule has 1 aromatic rings. The lowest BCUT2D eigenvalue weighted by atomic mass is 9.87. The summed E-state index contributed by atoms with van der Waals surface area (Å²) in [6.07, 6.45) is 7.95. The Morgan fingerprint density at radius 2 is 1.65 bits per heavy atom. The number of urea groups is 1. The summed E-state index contributed by atoms with van der Waals surface area (Å²) < 4.78 is 11.5. The van der Waals surface area contributed by atoms with Crippen molar-refractivity contribution in [2.75, 3.05) is 52.8 Å². The molecule has 1 N–H and O–H groups in total. The van der Waals surface area contributed by atoms with Gasteiger partial charge < -0.3 is 24.6 Å². The summed E-state index contributed by atoms with van der Waals surface area (Å²) in [7, 11) is 6.43. The van der Waals surface area contributed by atoms with Gasteiger partial charge in [-0.2, -0.15) is 0 Å². The number of ether oxygens (including phenoxy) is 2. The number of nitrogens with zero attached hydrogens (tertiary/aromatic N) is 3. The van der Waals surface area contributed by atoms with Crippen LogP contribution in [-0.2, 0) is 0 Å². The van der Waals surface area contributed by atoms with E-state index in [1.165, 1.54) is 25.7 Å². The minimum absolute atomic E-state index is 0.0526. The number of nitrogens with one attached hydrogen (secondary N) is 1. The third-order valence-electron chi connectivity index (χ3n) is 7.30. The summed E-state index contributed by atoms with van der Waals surface area (Å²) in [5, 5.41) is 3.08. The van der Waals surface area contributed by atoms with Crippen LogP contribution in [0.2, 0.25) is 0 Å². The minimum Gasteiger partial charge on any atom is -0.490 e. The highest BCUT2D eigenvalue weighted by Crippen LogP contribution is 2.33. The molecule has 0 radical (unpaired) electrons. The Morgan fingerprint density at radius 3 is 2.39 bits per heavy atom. The van der Waals surface area contributed by atoms with E-state index in [1.807, 2.05) is 30.1 Å². The van der Waals surface area contributed by atoms with Crippen LogP contribution in [0.1, 0.15) is 44.9 Å². The summed E-state index contributed by atoms with van der Waals surface area (Å²) in [6.45, 7) is 3.62. The lowest BCUT2D eigenvalue weighted by Crippen LogP contribution is -2.57. The molecule has 2 heterocycles. The maximum absolute atomic E-state index is 13.2. The van der Waals surface area contributed by atoms with Crippen LogP contribution in [-0.4, -0.2) is 86.3 Å². The van der Waals surface area contributed by atoms with Crippen LogP contribution in [0, 0.1) is 0 Å². The number of anilines is 1. The van der Waals surface area contributed by atoms with Crippen LogP contribution in [0.15, 0.2) is 18.2 Å². The van der Waals surface area contributed by atoms with Crippen molar-refractivity contribution in [3.63, 3.8) is 0 Å². The third-order valence-corrected chi connectivity index (χ3v) is 7.30. The van der Waals surface area contributed by atoms with Crippen molar-refractivity contribution in [1.82, 2.24) is 14.7 Å². The van der Waals surface area contributed by atoms with Crippen LogP contribution in [0.3, 0.4) is 0 Å². The number of amides is 2. The van der Waals surface area contributed by atoms with E-state index in [0.717, 1.165) is 43.8 Å². The van der Waals surface area contributed by atoms with Gasteiger partial charge in [0.25, 0.3) is 0 Å². The predicted octanol–water partition coefficient (Wildman–Crippen LogP) is 3.65. The number of rotatable bonds is 4. The first-order chi connectivity index (χ1) is 15.0. The number of piperidine rings is 1. The largest absolute Gasteiger partial charge is 0.490 e. The quantitative estimate of drug-likeness (QED) is 0.790. The van der Waals surface area contributed by atoms with Crippen molar-refractivity contribution in [3.8, 4) is 11.5 Å². The molecule has 0 spiro atoms. The van der Waals surface area contributed by atoms with Crippen molar-refractivity contribution in [3.05, 3.63) is 18.2 Å². The number of benzene rings is 1. The van der Waals surface area contributed by atoms with Gasteiger partial charge in [-0.1, -0.05) is 12.8 Å². The summed E-state index contributed by atoms with van der Waals surface area (Å²) in [5.74, 6) is 1.45. The Hall–Kier alpha value is -1.99. The first-order valence-corrected chi connectivity index (χ1v) is 11.9. The van der Waals surface area contributed by atoms with Crippen molar-refractivity contribution in [2.24, 2.45) is 0 Å². The summed E-state index contributed by atoms with van der Waals surface area (Å²) in [6, 6.07) is 6.86. The molecule has 2 unspecified atom stereocenters. The number of fused-ring (bicyclic) bond motifs is 1. The lowest BCUT2D eigenvalue weighted by molar-refractivity contribution is 0.0443. The van der Waals surface area contributed by atoms with E-state index < -0.39 is 0 Å². The molecule has 2 fully saturated rings. The number of carbonyl (C=O) groups excluding carboxylic acids is 1. The molecule has 1 aromatic carbocycles. The Kier molecular flexibility index (Phi) is 7.23. The van der Waals surface area contributed by atoms with Crippen LogP contribution < -0.4 is 14.8 Å². The fourth-order valence-corrected chi connectivity index (χ4v) is 5.29. The van der Waals surface area contributed by atoms with E-state index in [2.05, 4.69) is 29.2 Å². The zero-order valence-electron chi connectivity index (χ0n) is 19.3. The van der Waals surface area contributed by atoms with Crippen molar-refractivity contribution < 1.29 is 14.3 Å². The van der Waals surface area contributed by atoms with Gasteiger partial charge in [0, 0.05) is 43.3 Å². The van der Waals surface area contributed by atoms with Crippen LogP contribution >= 0.6 is 0 Å². The zero-order chi connectivity index (χ0) is 21.8. The van der Waals surface area contributed by atoms with Gasteiger partial charge in [0.2, 0.25) is 0 Å². The lowest BCUT2D eigenvalue weighted by Gasteiger charge is -2.46. The van der Waals surface area contributed by atoms with E-state index >= 15 is 0 Å². The molecule has 0 bridgehead atoms. The highest BCUT2D eigenvalue weighted by Gasteiger charge is 2.36. The number of hydrogen-bond donors (Lipinski definition) is 1. The van der Waals surface area contributed by atoms with Gasteiger partial charge in [0.05, 0.1) is 13.2 Å². The zero-order valence-corrected chi connectivity index (χ0v) is 19.3. The molecule has 1 saturated carbocycles. The normalized spacial score (nSPS) is 25.2. The van der Waals surface area contributed by atoms with E-state index in [1.54, 1.807) is 0 Å². The second-order valence-electron chi connectivity index (χ2n) is 9.37. The average molecular weight is 431 g/mol. The molecule has 1 saturated heterocycles. The molecule has 7 heteroatoms. The third kappa shape index (κ3) is 5.26. The molecule has 172 valence electrons. The van der Waals surface area contributed by atoms with Gasteiger partial charge in [-0.3, -0.25) is 4.90 Å². The molecule has 4 rings (SSSR count). The molecule has 2 amide bonds. The molecule has 3 aliphatic rings. The van der Waals surface area contributed by atoms with Gasteiger partial charge in [-0.15, -0.1) is 0 Å². The highest BCUT2D eigenvalue weighted by atomic mass is 16.5. The Balaban J connectivity index is 1.41. The van der Waals surface area contributed by atoms with Gasteiger partial charge in [0.15, 0.2) is 11.5 Å². The molecule has 1 aliphatic carbocycles. The van der Waals surface area contributed by atoms with Crippen LogP contribution in [0.4, 0.5) is 10.5 Å². The predicted molar refractivity (Wildman–Crippen MR) is 123 cm³/mol. The van der Waals surface area contributed by atoms with Crippen LogP contribution in [0.5, 0.6) is 11.5 Å².